The van der Waals surface area contributed by atoms with Crippen LogP contribution in [0.2, 0.25) is 0 Å². The minimum atomic E-state index is 0.580. The summed E-state index contributed by atoms with van der Waals surface area (Å²) in [5.41, 5.74) is 11.4. The first kappa shape index (κ1) is 29.9. The lowest BCUT2D eigenvalue weighted by molar-refractivity contribution is 0.670. The van der Waals surface area contributed by atoms with Crippen LogP contribution in [0.5, 0.6) is 0 Å². The van der Waals surface area contributed by atoms with Gasteiger partial charge in [-0.15, -0.1) is 0 Å². The standard InChI is InChI=1S/C46H28N4O/c47-29-30-17-19-32(20-18-30)34-21-25-35(26-22-34)38-13-7-14-39-42-40(15-8-16-41(42)51-43(38)39)46-49-44(36-11-5-2-6-12-36)48-45(50-46)37-27-23-33(24-28-37)31-9-3-1-4-10-31/h1-28H. The molecule has 0 bridgehead atoms. The molecule has 0 atom stereocenters. The summed E-state index contributed by atoms with van der Waals surface area (Å²) in [5.74, 6) is 1.79. The van der Waals surface area contributed by atoms with Crippen molar-refractivity contribution >= 4 is 21.9 Å². The van der Waals surface area contributed by atoms with Crippen LogP contribution in [0.1, 0.15) is 5.56 Å². The van der Waals surface area contributed by atoms with Crippen LogP contribution in [-0.4, -0.2) is 15.0 Å². The zero-order valence-corrected chi connectivity index (χ0v) is 27.4. The highest BCUT2D eigenvalue weighted by Crippen LogP contribution is 2.40. The van der Waals surface area contributed by atoms with E-state index in [1.54, 1.807) is 0 Å². The van der Waals surface area contributed by atoms with Crippen LogP contribution in [0.3, 0.4) is 0 Å². The molecule has 0 aliphatic heterocycles. The average Bonchev–Trinajstić information content (AvgIpc) is 3.61. The van der Waals surface area contributed by atoms with Gasteiger partial charge in [-0.05, 0) is 46.0 Å². The number of nitriles is 1. The van der Waals surface area contributed by atoms with E-state index < -0.39 is 0 Å². The highest BCUT2D eigenvalue weighted by atomic mass is 16.3. The maximum absolute atomic E-state index is 9.17. The molecule has 0 unspecified atom stereocenters. The molecule has 0 amide bonds. The van der Waals surface area contributed by atoms with Crippen LogP contribution in [0.4, 0.5) is 0 Å². The highest BCUT2D eigenvalue weighted by molar-refractivity contribution is 6.15. The van der Waals surface area contributed by atoms with Gasteiger partial charge in [0.15, 0.2) is 17.5 Å². The number of furan rings is 1. The maximum atomic E-state index is 9.17. The molecule has 0 aliphatic rings. The molecule has 9 rings (SSSR count). The van der Waals surface area contributed by atoms with E-state index in [9.17, 15) is 5.26 Å². The summed E-state index contributed by atoms with van der Waals surface area (Å²) in [6.07, 6.45) is 0. The van der Waals surface area contributed by atoms with Crippen molar-refractivity contribution in [2.24, 2.45) is 0 Å². The Bertz CT molecular complexity index is 2710. The molecule has 0 radical (unpaired) electrons. The molecular weight excluding hydrogens is 625 g/mol. The summed E-state index contributed by atoms with van der Waals surface area (Å²) in [4.78, 5) is 15.1. The fourth-order valence-corrected chi connectivity index (χ4v) is 6.63. The molecule has 0 fully saturated rings. The fourth-order valence-electron chi connectivity index (χ4n) is 6.63. The topological polar surface area (TPSA) is 75.6 Å². The smallest absolute Gasteiger partial charge is 0.164 e. The second-order valence-electron chi connectivity index (χ2n) is 12.3. The van der Waals surface area contributed by atoms with Gasteiger partial charge in [-0.3, -0.25) is 0 Å². The lowest BCUT2D eigenvalue weighted by atomic mass is 9.97. The van der Waals surface area contributed by atoms with Crippen LogP contribution in [0.15, 0.2) is 174 Å². The maximum Gasteiger partial charge on any atom is 0.164 e. The molecule has 0 saturated carbocycles. The van der Waals surface area contributed by atoms with Gasteiger partial charge in [-0.1, -0.05) is 152 Å². The van der Waals surface area contributed by atoms with Crippen molar-refractivity contribution in [1.82, 2.24) is 15.0 Å². The number of hydrogen-bond donors (Lipinski definition) is 0. The van der Waals surface area contributed by atoms with E-state index in [1.165, 1.54) is 0 Å². The lowest BCUT2D eigenvalue weighted by Crippen LogP contribution is -2.00. The van der Waals surface area contributed by atoms with Gasteiger partial charge in [0.25, 0.3) is 0 Å². The van der Waals surface area contributed by atoms with Crippen molar-refractivity contribution < 1.29 is 4.42 Å². The SMILES string of the molecule is N#Cc1ccc(-c2ccc(-c3cccc4c3oc3cccc(-c5nc(-c6ccccc6)nc(-c6ccc(-c7ccccc7)cc6)n5)c34)cc2)cc1. The first-order valence-electron chi connectivity index (χ1n) is 16.7. The van der Waals surface area contributed by atoms with Crippen molar-refractivity contribution in [1.29, 1.82) is 5.26 Å². The van der Waals surface area contributed by atoms with Crippen molar-refractivity contribution in [2.45, 2.75) is 0 Å². The summed E-state index contributed by atoms with van der Waals surface area (Å²) in [6, 6.07) is 59.3. The molecule has 51 heavy (non-hydrogen) atoms. The molecule has 0 N–H and O–H groups in total. The van der Waals surface area contributed by atoms with Gasteiger partial charge < -0.3 is 4.42 Å². The number of nitrogens with zero attached hydrogens (tertiary/aromatic N) is 4. The normalized spacial score (nSPS) is 11.1. The average molecular weight is 653 g/mol. The Hall–Kier alpha value is -7.16. The molecule has 2 heterocycles. The van der Waals surface area contributed by atoms with Crippen molar-refractivity contribution in [3.8, 4) is 73.6 Å². The summed E-state index contributed by atoms with van der Waals surface area (Å²) in [6.45, 7) is 0. The van der Waals surface area contributed by atoms with Crippen LogP contribution in [0, 0.1) is 11.3 Å². The van der Waals surface area contributed by atoms with E-state index >= 15 is 0 Å². The van der Waals surface area contributed by atoms with Gasteiger partial charge in [0.2, 0.25) is 0 Å². The Labute approximate surface area is 294 Å². The zero-order chi connectivity index (χ0) is 34.1. The second kappa shape index (κ2) is 12.7. The van der Waals surface area contributed by atoms with Gasteiger partial charge in [-0.25, -0.2) is 15.0 Å². The van der Waals surface area contributed by atoms with Crippen LogP contribution < -0.4 is 0 Å². The summed E-state index contributed by atoms with van der Waals surface area (Å²) < 4.78 is 6.62. The minimum Gasteiger partial charge on any atom is -0.455 e. The Kier molecular flexibility index (Phi) is 7.46. The van der Waals surface area contributed by atoms with Gasteiger partial charge in [0.05, 0.1) is 11.6 Å². The molecule has 0 spiro atoms. The molecule has 0 aliphatic carbocycles. The summed E-state index contributed by atoms with van der Waals surface area (Å²) in [5, 5.41) is 11.1. The van der Waals surface area contributed by atoms with Crippen molar-refractivity contribution in [2.75, 3.05) is 0 Å². The molecule has 0 saturated heterocycles. The van der Waals surface area contributed by atoms with E-state index in [-0.39, 0.29) is 0 Å². The second-order valence-corrected chi connectivity index (χ2v) is 12.3. The number of aromatic nitrogens is 3. The molecule has 9 aromatic rings. The highest BCUT2D eigenvalue weighted by Gasteiger charge is 2.19. The number of rotatable bonds is 6. The van der Waals surface area contributed by atoms with E-state index in [4.69, 9.17) is 19.4 Å². The van der Waals surface area contributed by atoms with E-state index in [0.717, 1.165) is 72.0 Å². The van der Waals surface area contributed by atoms with Crippen molar-refractivity contribution in [3.63, 3.8) is 0 Å². The Morgan fingerprint density at radius 1 is 0.392 bits per heavy atom. The molecule has 5 heteroatoms. The Morgan fingerprint density at radius 2 is 0.863 bits per heavy atom. The molecule has 5 nitrogen and oxygen atoms in total. The number of fused-ring (bicyclic) bond motifs is 3. The Balaban J connectivity index is 1.16. The quantitative estimate of drug-likeness (QED) is 0.179. The predicted octanol–water partition coefficient (Wildman–Crippen LogP) is 11.6. The third-order valence-corrected chi connectivity index (χ3v) is 9.22. The van der Waals surface area contributed by atoms with E-state index in [2.05, 4.69) is 91.0 Å². The predicted molar refractivity (Wildman–Crippen MR) is 204 cm³/mol. The lowest BCUT2D eigenvalue weighted by Gasteiger charge is -2.10. The molecular formula is C46H28N4O. The fraction of sp³-hybridized carbons (Fsp3) is 0. The van der Waals surface area contributed by atoms with Gasteiger partial charge >= 0.3 is 0 Å². The van der Waals surface area contributed by atoms with Crippen LogP contribution >= 0.6 is 0 Å². The number of hydrogen-bond acceptors (Lipinski definition) is 5. The number of para-hydroxylation sites is 1. The summed E-state index contributed by atoms with van der Waals surface area (Å²) >= 11 is 0. The molecule has 2 aromatic heterocycles. The third kappa shape index (κ3) is 5.61. The largest absolute Gasteiger partial charge is 0.455 e. The molecule has 7 aromatic carbocycles. The van der Waals surface area contributed by atoms with Gasteiger partial charge in [0.1, 0.15) is 11.2 Å². The van der Waals surface area contributed by atoms with Crippen molar-refractivity contribution in [3.05, 3.63) is 175 Å². The van der Waals surface area contributed by atoms with E-state index in [0.29, 0.717) is 23.0 Å². The first-order valence-corrected chi connectivity index (χ1v) is 16.7. The minimum absolute atomic E-state index is 0.580. The Morgan fingerprint density at radius 3 is 1.49 bits per heavy atom. The van der Waals surface area contributed by atoms with Gasteiger partial charge in [-0.2, -0.15) is 5.26 Å². The van der Waals surface area contributed by atoms with Gasteiger partial charge in [0, 0.05) is 33.0 Å². The van der Waals surface area contributed by atoms with Crippen LogP contribution in [-0.2, 0) is 0 Å². The summed E-state index contributed by atoms with van der Waals surface area (Å²) in [7, 11) is 0. The zero-order valence-electron chi connectivity index (χ0n) is 27.4. The van der Waals surface area contributed by atoms with E-state index in [1.807, 2.05) is 84.9 Å². The third-order valence-electron chi connectivity index (χ3n) is 9.22. The molecule has 238 valence electrons. The van der Waals surface area contributed by atoms with Crippen LogP contribution in [0.25, 0.3) is 89.5 Å². The first-order chi connectivity index (χ1) is 25.2. The number of benzene rings is 7. The monoisotopic (exact) mass is 652 g/mol.